The summed E-state index contributed by atoms with van der Waals surface area (Å²) in [6, 6.07) is 19.6. The Balaban J connectivity index is 1.36. The van der Waals surface area contributed by atoms with Gasteiger partial charge in [-0.15, -0.1) is 0 Å². The van der Waals surface area contributed by atoms with Crippen molar-refractivity contribution in [3.05, 3.63) is 95.1 Å². The standard InChI is InChI=1S/C27H29N3O3/c1-19-10-12-21(13-11-19)26(31)29-24(18-23-8-5-16-33-23)27(32)28-14-6-15-30-20(2)17-22-7-3-4-9-25(22)30/h3-5,7-13,16,18,20H,6,14-15,17H2,1-2H3,(H,28,32)(H,29,31)/b24-18-. The number of anilines is 1. The van der Waals surface area contributed by atoms with Gasteiger partial charge in [-0.1, -0.05) is 35.9 Å². The number of amides is 2. The number of benzene rings is 2. The molecule has 2 heterocycles. The molecule has 1 unspecified atom stereocenters. The molecule has 0 aliphatic carbocycles. The summed E-state index contributed by atoms with van der Waals surface area (Å²) in [6.07, 6.45) is 4.91. The molecule has 4 rings (SSSR count). The van der Waals surface area contributed by atoms with Crippen molar-refractivity contribution in [1.82, 2.24) is 10.6 Å². The Labute approximate surface area is 194 Å². The maximum Gasteiger partial charge on any atom is 0.267 e. The number of para-hydroxylation sites is 1. The van der Waals surface area contributed by atoms with E-state index in [-0.39, 0.29) is 17.5 Å². The van der Waals surface area contributed by atoms with E-state index < -0.39 is 0 Å². The van der Waals surface area contributed by atoms with Gasteiger partial charge in [0.15, 0.2) is 0 Å². The molecule has 6 nitrogen and oxygen atoms in total. The van der Waals surface area contributed by atoms with Crippen molar-refractivity contribution in [2.45, 2.75) is 32.7 Å². The van der Waals surface area contributed by atoms with Crippen LogP contribution < -0.4 is 15.5 Å². The van der Waals surface area contributed by atoms with Crippen LogP contribution in [0.2, 0.25) is 0 Å². The van der Waals surface area contributed by atoms with Crippen molar-refractivity contribution in [3.63, 3.8) is 0 Å². The molecule has 0 bridgehead atoms. The molecule has 1 aliphatic rings. The zero-order valence-electron chi connectivity index (χ0n) is 19.0. The van der Waals surface area contributed by atoms with Crippen LogP contribution in [0.3, 0.4) is 0 Å². The number of furan rings is 1. The highest BCUT2D eigenvalue weighted by Gasteiger charge is 2.24. The van der Waals surface area contributed by atoms with E-state index in [1.54, 1.807) is 30.3 Å². The van der Waals surface area contributed by atoms with Crippen LogP contribution in [0.1, 0.15) is 40.6 Å². The smallest absolute Gasteiger partial charge is 0.267 e. The largest absolute Gasteiger partial charge is 0.465 e. The predicted molar refractivity (Wildman–Crippen MR) is 130 cm³/mol. The van der Waals surface area contributed by atoms with Crippen LogP contribution in [0.15, 0.2) is 77.0 Å². The van der Waals surface area contributed by atoms with Gasteiger partial charge in [-0.25, -0.2) is 0 Å². The Morgan fingerprint density at radius 1 is 1.09 bits per heavy atom. The maximum absolute atomic E-state index is 12.9. The Morgan fingerprint density at radius 3 is 2.64 bits per heavy atom. The van der Waals surface area contributed by atoms with Crippen molar-refractivity contribution in [3.8, 4) is 0 Å². The normalized spacial score (nSPS) is 15.3. The van der Waals surface area contributed by atoms with Gasteiger partial charge in [0.2, 0.25) is 0 Å². The number of carbonyl (C=O) groups is 2. The minimum Gasteiger partial charge on any atom is -0.465 e. The second kappa shape index (κ2) is 10.2. The highest BCUT2D eigenvalue weighted by atomic mass is 16.3. The molecule has 1 atom stereocenters. The average Bonchev–Trinajstić information content (AvgIpc) is 3.43. The summed E-state index contributed by atoms with van der Waals surface area (Å²) in [4.78, 5) is 28.0. The molecule has 2 N–H and O–H groups in total. The quantitative estimate of drug-likeness (QED) is 0.402. The minimum atomic E-state index is -0.346. The van der Waals surface area contributed by atoms with Crippen LogP contribution >= 0.6 is 0 Å². The molecule has 3 aromatic rings. The maximum atomic E-state index is 12.9. The Kier molecular flexibility index (Phi) is 6.93. The lowest BCUT2D eigenvalue weighted by molar-refractivity contribution is -0.117. The summed E-state index contributed by atoms with van der Waals surface area (Å²) < 4.78 is 5.34. The molecule has 0 radical (unpaired) electrons. The van der Waals surface area contributed by atoms with Crippen LogP contribution in [0, 0.1) is 6.92 Å². The number of carbonyl (C=O) groups excluding carboxylic acids is 2. The highest BCUT2D eigenvalue weighted by Crippen LogP contribution is 2.31. The third kappa shape index (κ3) is 5.52. The van der Waals surface area contributed by atoms with E-state index in [0.717, 1.165) is 24.9 Å². The molecule has 6 heteroatoms. The van der Waals surface area contributed by atoms with Crippen LogP contribution in [-0.2, 0) is 11.2 Å². The van der Waals surface area contributed by atoms with Crippen LogP contribution in [0.25, 0.3) is 6.08 Å². The van der Waals surface area contributed by atoms with E-state index in [0.29, 0.717) is 23.9 Å². The third-order valence-electron chi connectivity index (χ3n) is 5.85. The third-order valence-corrected chi connectivity index (χ3v) is 5.85. The summed E-state index contributed by atoms with van der Waals surface area (Å²) in [5, 5.41) is 5.67. The van der Waals surface area contributed by atoms with E-state index in [4.69, 9.17) is 4.42 Å². The molecule has 1 aromatic heterocycles. The molecular formula is C27H29N3O3. The number of nitrogens with zero attached hydrogens (tertiary/aromatic N) is 1. The number of fused-ring (bicyclic) bond motifs is 1. The van der Waals surface area contributed by atoms with E-state index in [2.05, 4.69) is 46.7 Å². The number of hydrogen-bond acceptors (Lipinski definition) is 4. The van der Waals surface area contributed by atoms with Crippen molar-refractivity contribution in [2.24, 2.45) is 0 Å². The molecule has 33 heavy (non-hydrogen) atoms. The molecule has 0 saturated carbocycles. The van der Waals surface area contributed by atoms with Crippen LogP contribution in [0.4, 0.5) is 5.69 Å². The zero-order valence-corrected chi connectivity index (χ0v) is 19.0. The first-order chi connectivity index (χ1) is 16.0. The fraction of sp³-hybridized carbons (Fsp3) is 0.259. The van der Waals surface area contributed by atoms with E-state index in [1.165, 1.54) is 17.5 Å². The molecule has 1 aliphatic heterocycles. The second-order valence-electron chi connectivity index (χ2n) is 8.38. The lowest BCUT2D eigenvalue weighted by Gasteiger charge is -2.25. The minimum absolute atomic E-state index is 0.149. The summed E-state index contributed by atoms with van der Waals surface area (Å²) >= 11 is 0. The number of rotatable bonds is 8. The summed E-state index contributed by atoms with van der Waals surface area (Å²) in [6.45, 7) is 5.54. The molecule has 2 aromatic carbocycles. The first-order valence-electron chi connectivity index (χ1n) is 11.3. The van der Waals surface area contributed by atoms with Gasteiger partial charge < -0.3 is 20.0 Å². The van der Waals surface area contributed by atoms with Gasteiger partial charge >= 0.3 is 0 Å². The number of nitrogens with one attached hydrogen (secondary N) is 2. The van der Waals surface area contributed by atoms with Crippen molar-refractivity contribution in [1.29, 1.82) is 0 Å². The van der Waals surface area contributed by atoms with Crippen molar-refractivity contribution < 1.29 is 14.0 Å². The lowest BCUT2D eigenvalue weighted by atomic mass is 10.1. The second-order valence-corrected chi connectivity index (χ2v) is 8.38. The average molecular weight is 444 g/mol. The molecule has 0 saturated heterocycles. The van der Waals surface area contributed by atoms with Crippen LogP contribution in [-0.4, -0.2) is 30.9 Å². The SMILES string of the molecule is Cc1ccc(C(=O)N/C(=C\c2ccco2)C(=O)NCCCN2c3ccccc3CC2C)cc1. The number of hydrogen-bond donors (Lipinski definition) is 2. The van der Waals surface area contributed by atoms with Gasteiger partial charge in [0, 0.05) is 36.5 Å². The molecule has 0 spiro atoms. The monoisotopic (exact) mass is 443 g/mol. The highest BCUT2D eigenvalue weighted by molar-refractivity contribution is 6.05. The van der Waals surface area contributed by atoms with Crippen LogP contribution in [0.5, 0.6) is 0 Å². The summed E-state index contributed by atoms with van der Waals surface area (Å²) in [7, 11) is 0. The van der Waals surface area contributed by atoms with Gasteiger partial charge in [0.05, 0.1) is 6.26 Å². The topological polar surface area (TPSA) is 74.6 Å². The fourth-order valence-corrected chi connectivity index (χ4v) is 4.09. The van der Waals surface area contributed by atoms with E-state index >= 15 is 0 Å². The van der Waals surface area contributed by atoms with Gasteiger partial charge in [-0.3, -0.25) is 9.59 Å². The first-order valence-corrected chi connectivity index (χ1v) is 11.3. The predicted octanol–water partition coefficient (Wildman–Crippen LogP) is 4.32. The van der Waals surface area contributed by atoms with Crippen molar-refractivity contribution in [2.75, 3.05) is 18.0 Å². The lowest BCUT2D eigenvalue weighted by Crippen LogP contribution is -2.37. The Morgan fingerprint density at radius 2 is 1.88 bits per heavy atom. The number of aryl methyl sites for hydroxylation is 1. The first kappa shape index (κ1) is 22.4. The van der Waals surface area contributed by atoms with E-state index in [9.17, 15) is 9.59 Å². The van der Waals surface area contributed by atoms with E-state index in [1.807, 2.05) is 19.1 Å². The fourth-order valence-electron chi connectivity index (χ4n) is 4.09. The zero-order chi connectivity index (χ0) is 23.2. The molecule has 2 amide bonds. The Hall–Kier alpha value is -3.80. The van der Waals surface area contributed by atoms with Gasteiger partial charge in [0.1, 0.15) is 11.5 Å². The molecule has 170 valence electrons. The van der Waals surface area contributed by atoms with Gasteiger partial charge in [0.25, 0.3) is 11.8 Å². The summed E-state index contributed by atoms with van der Waals surface area (Å²) in [5.74, 6) is -0.195. The Bertz CT molecular complexity index is 1130. The summed E-state index contributed by atoms with van der Waals surface area (Å²) in [5.41, 5.74) is 4.35. The van der Waals surface area contributed by atoms with Gasteiger partial charge in [-0.05, 0) is 62.6 Å². The van der Waals surface area contributed by atoms with Gasteiger partial charge in [-0.2, -0.15) is 0 Å². The molecule has 0 fully saturated rings. The van der Waals surface area contributed by atoms with Crippen molar-refractivity contribution >= 4 is 23.6 Å². The molecular weight excluding hydrogens is 414 g/mol.